The first-order valence-electron chi connectivity index (χ1n) is 6.50. The average molecular weight is 278 g/mol. The first-order valence-corrected chi connectivity index (χ1v) is 6.50. The minimum absolute atomic E-state index is 0.00668. The maximum atomic E-state index is 12.0. The van der Waals surface area contributed by atoms with E-state index in [-0.39, 0.29) is 17.5 Å². The van der Waals surface area contributed by atoms with Crippen molar-refractivity contribution < 1.29 is 14.3 Å². The van der Waals surface area contributed by atoms with E-state index in [0.717, 1.165) is 0 Å². The number of carbonyl (C=O) groups excluding carboxylic acids is 2. The smallest absolute Gasteiger partial charge is 0.339 e. The first kappa shape index (κ1) is 16.0. The van der Waals surface area contributed by atoms with E-state index in [4.69, 9.17) is 0 Å². The average Bonchev–Trinajstić information content (AvgIpc) is 2.37. The van der Waals surface area contributed by atoms with Gasteiger partial charge in [-0.05, 0) is 24.5 Å². The van der Waals surface area contributed by atoms with Crippen molar-refractivity contribution in [2.24, 2.45) is 5.41 Å². The second-order valence-corrected chi connectivity index (χ2v) is 5.72. The standard InChI is InChI=1S/C15H22N2O3/c1-10(15(2,3)4)16-14(19)17-12-9-7-6-8-11(12)13(18)20-5/h6-10H,1-5H3,(H2,16,17,19). The number of amides is 2. The van der Waals surface area contributed by atoms with Crippen LogP contribution in [-0.2, 0) is 4.74 Å². The Morgan fingerprint density at radius 2 is 1.80 bits per heavy atom. The largest absolute Gasteiger partial charge is 0.465 e. The lowest BCUT2D eigenvalue weighted by molar-refractivity contribution is 0.0602. The fourth-order valence-corrected chi connectivity index (χ4v) is 1.45. The summed E-state index contributed by atoms with van der Waals surface area (Å²) in [6.07, 6.45) is 0. The van der Waals surface area contributed by atoms with Gasteiger partial charge in [-0.25, -0.2) is 9.59 Å². The van der Waals surface area contributed by atoms with Crippen molar-refractivity contribution in [2.45, 2.75) is 33.7 Å². The Morgan fingerprint density at radius 3 is 2.35 bits per heavy atom. The molecule has 1 atom stereocenters. The van der Waals surface area contributed by atoms with Gasteiger partial charge < -0.3 is 15.4 Å². The van der Waals surface area contributed by atoms with E-state index < -0.39 is 5.97 Å². The van der Waals surface area contributed by atoms with Crippen LogP contribution in [0.15, 0.2) is 24.3 Å². The lowest BCUT2D eigenvalue weighted by Gasteiger charge is -2.28. The normalized spacial score (nSPS) is 12.4. The molecule has 5 heteroatoms. The summed E-state index contributed by atoms with van der Waals surface area (Å²) in [5.41, 5.74) is 0.714. The van der Waals surface area contributed by atoms with Gasteiger partial charge in [-0.2, -0.15) is 0 Å². The SMILES string of the molecule is COC(=O)c1ccccc1NC(=O)NC(C)C(C)(C)C. The van der Waals surface area contributed by atoms with Crippen LogP contribution in [0.2, 0.25) is 0 Å². The van der Waals surface area contributed by atoms with E-state index >= 15 is 0 Å². The third kappa shape index (κ3) is 4.26. The third-order valence-corrected chi connectivity index (χ3v) is 3.23. The Balaban J connectivity index is 2.79. The molecule has 1 aromatic rings. The quantitative estimate of drug-likeness (QED) is 0.835. The molecule has 0 aliphatic heterocycles. The van der Waals surface area contributed by atoms with E-state index in [9.17, 15) is 9.59 Å². The molecule has 20 heavy (non-hydrogen) atoms. The van der Waals surface area contributed by atoms with Gasteiger partial charge in [0.2, 0.25) is 0 Å². The molecular weight excluding hydrogens is 256 g/mol. The number of urea groups is 1. The van der Waals surface area contributed by atoms with Crippen molar-refractivity contribution in [3.8, 4) is 0 Å². The number of anilines is 1. The van der Waals surface area contributed by atoms with Gasteiger partial charge in [0.05, 0.1) is 18.4 Å². The molecule has 0 aromatic heterocycles. The van der Waals surface area contributed by atoms with Crippen LogP contribution < -0.4 is 10.6 Å². The van der Waals surface area contributed by atoms with Crippen molar-refractivity contribution >= 4 is 17.7 Å². The topological polar surface area (TPSA) is 67.4 Å². The summed E-state index contributed by atoms with van der Waals surface area (Å²) in [7, 11) is 1.31. The van der Waals surface area contributed by atoms with Crippen molar-refractivity contribution in [1.29, 1.82) is 0 Å². The highest BCUT2D eigenvalue weighted by atomic mass is 16.5. The molecule has 0 saturated carbocycles. The Bertz CT molecular complexity index is 492. The van der Waals surface area contributed by atoms with Crippen LogP contribution in [0.4, 0.5) is 10.5 Å². The lowest BCUT2D eigenvalue weighted by Crippen LogP contribution is -2.43. The molecule has 0 heterocycles. The summed E-state index contributed by atoms with van der Waals surface area (Å²) in [4.78, 5) is 23.6. The summed E-state index contributed by atoms with van der Waals surface area (Å²) in [5, 5.41) is 5.53. The number of methoxy groups -OCH3 is 1. The van der Waals surface area contributed by atoms with Gasteiger partial charge in [-0.3, -0.25) is 0 Å². The van der Waals surface area contributed by atoms with E-state index in [1.165, 1.54) is 7.11 Å². The number of carbonyl (C=O) groups is 2. The van der Waals surface area contributed by atoms with E-state index in [0.29, 0.717) is 11.3 Å². The molecule has 0 radical (unpaired) electrons. The Hall–Kier alpha value is -2.04. The predicted octanol–water partition coefficient (Wildman–Crippen LogP) is 3.03. The van der Waals surface area contributed by atoms with Crippen LogP contribution >= 0.6 is 0 Å². The number of ether oxygens (including phenoxy) is 1. The van der Waals surface area contributed by atoms with Gasteiger partial charge in [0, 0.05) is 6.04 Å². The number of hydrogen-bond acceptors (Lipinski definition) is 3. The van der Waals surface area contributed by atoms with E-state index in [1.54, 1.807) is 24.3 Å². The van der Waals surface area contributed by atoms with Crippen LogP contribution in [0.3, 0.4) is 0 Å². The number of esters is 1. The van der Waals surface area contributed by atoms with Crippen LogP contribution in [0.25, 0.3) is 0 Å². The molecule has 110 valence electrons. The number of nitrogens with one attached hydrogen (secondary N) is 2. The monoisotopic (exact) mass is 278 g/mol. The molecule has 0 bridgehead atoms. The van der Waals surface area contributed by atoms with Crippen LogP contribution in [-0.4, -0.2) is 25.2 Å². The fraction of sp³-hybridized carbons (Fsp3) is 0.467. The predicted molar refractivity (Wildman–Crippen MR) is 78.9 cm³/mol. The third-order valence-electron chi connectivity index (χ3n) is 3.23. The van der Waals surface area contributed by atoms with Gasteiger partial charge >= 0.3 is 12.0 Å². The van der Waals surface area contributed by atoms with Crippen LogP contribution in [0.5, 0.6) is 0 Å². The molecule has 2 amide bonds. The van der Waals surface area contributed by atoms with Crippen LogP contribution in [0.1, 0.15) is 38.1 Å². The summed E-state index contributed by atoms with van der Waals surface area (Å²) >= 11 is 0. The number of rotatable bonds is 3. The van der Waals surface area contributed by atoms with Gasteiger partial charge in [0.25, 0.3) is 0 Å². The Morgan fingerprint density at radius 1 is 1.20 bits per heavy atom. The molecule has 0 aliphatic carbocycles. The molecule has 1 rings (SSSR count). The van der Waals surface area contributed by atoms with Gasteiger partial charge in [0.1, 0.15) is 0 Å². The molecule has 0 fully saturated rings. The molecule has 2 N–H and O–H groups in total. The van der Waals surface area contributed by atoms with E-state index in [2.05, 4.69) is 15.4 Å². The second-order valence-electron chi connectivity index (χ2n) is 5.72. The molecule has 0 aliphatic rings. The molecular formula is C15H22N2O3. The Labute approximate surface area is 119 Å². The van der Waals surface area contributed by atoms with Crippen molar-refractivity contribution in [1.82, 2.24) is 5.32 Å². The highest BCUT2D eigenvalue weighted by molar-refractivity contribution is 6.00. The van der Waals surface area contributed by atoms with Crippen molar-refractivity contribution in [3.63, 3.8) is 0 Å². The number of hydrogen-bond donors (Lipinski definition) is 2. The van der Waals surface area contributed by atoms with Gasteiger partial charge in [-0.1, -0.05) is 32.9 Å². The minimum atomic E-state index is -0.482. The highest BCUT2D eigenvalue weighted by Crippen LogP contribution is 2.19. The Kier molecular flexibility index (Phi) is 5.13. The van der Waals surface area contributed by atoms with E-state index in [1.807, 2.05) is 27.7 Å². The summed E-state index contributed by atoms with van der Waals surface area (Å²) < 4.78 is 4.68. The van der Waals surface area contributed by atoms with Crippen molar-refractivity contribution in [2.75, 3.05) is 12.4 Å². The zero-order valence-corrected chi connectivity index (χ0v) is 12.6. The maximum Gasteiger partial charge on any atom is 0.339 e. The summed E-state index contributed by atoms with van der Waals surface area (Å²) in [6.45, 7) is 8.06. The molecule has 5 nitrogen and oxygen atoms in total. The molecule has 0 spiro atoms. The highest BCUT2D eigenvalue weighted by Gasteiger charge is 2.22. The molecule has 1 unspecified atom stereocenters. The van der Waals surface area contributed by atoms with Crippen LogP contribution in [0, 0.1) is 5.41 Å². The number of benzene rings is 1. The zero-order chi connectivity index (χ0) is 15.3. The fourth-order valence-electron chi connectivity index (χ4n) is 1.45. The summed E-state index contributed by atoms with van der Waals surface area (Å²) in [5.74, 6) is -0.482. The van der Waals surface area contributed by atoms with Gasteiger partial charge in [-0.15, -0.1) is 0 Å². The molecule has 1 aromatic carbocycles. The lowest BCUT2D eigenvalue weighted by atomic mass is 9.88. The van der Waals surface area contributed by atoms with Crippen molar-refractivity contribution in [3.05, 3.63) is 29.8 Å². The first-order chi connectivity index (χ1) is 9.25. The molecule has 0 saturated heterocycles. The van der Waals surface area contributed by atoms with Gasteiger partial charge in [0.15, 0.2) is 0 Å². The second kappa shape index (κ2) is 6.41. The minimum Gasteiger partial charge on any atom is -0.465 e. The zero-order valence-electron chi connectivity index (χ0n) is 12.6. The number of para-hydroxylation sites is 1. The maximum absolute atomic E-state index is 12.0. The summed E-state index contributed by atoms with van der Waals surface area (Å²) in [6, 6.07) is 6.38.